The molecule has 1 aliphatic heterocycles. The van der Waals surface area contributed by atoms with Crippen LogP contribution in [-0.4, -0.2) is 20.2 Å². The van der Waals surface area contributed by atoms with Crippen LogP contribution in [0.15, 0.2) is 152 Å². The van der Waals surface area contributed by atoms with Crippen molar-refractivity contribution >= 4 is 61.1 Å². The molecule has 0 amide bonds. The molecular weight excluding hydrogens is 609 g/mol. The summed E-state index contributed by atoms with van der Waals surface area (Å²) in [5.74, 6) is 0. The van der Waals surface area contributed by atoms with Crippen LogP contribution in [0.1, 0.15) is 23.2 Å². The first-order valence-electron chi connectivity index (χ1n) is 17.7. The molecule has 4 heteroatoms. The summed E-state index contributed by atoms with van der Waals surface area (Å²) in [6, 6.07) is 51.3. The standard InChI is InChI=1S/C46H34N4/c1-3-12-33(13-4-1)47-28-26-31-22-24-39-37-18-7-9-20-41(37)49(45(39)43(31)47)35-16-11-17-36(30-35)50-42-21-10-8-19-38(42)40-25-23-32-27-29-48(44(32)46(40)50)34-14-5-2-6-15-34/h1-7,9-18,20-26,28,30H,8,19,27,29H2. The molecular formula is C46H34N4. The zero-order chi connectivity index (χ0) is 32.8. The number of aromatic nitrogens is 3. The Morgan fingerprint density at radius 2 is 1.24 bits per heavy atom. The minimum atomic E-state index is 0.989. The van der Waals surface area contributed by atoms with Crippen molar-refractivity contribution in [1.82, 2.24) is 13.7 Å². The van der Waals surface area contributed by atoms with E-state index in [4.69, 9.17) is 0 Å². The molecule has 0 unspecified atom stereocenters. The van der Waals surface area contributed by atoms with Crippen LogP contribution in [-0.2, 0) is 12.8 Å². The SMILES string of the molecule is C1=Cc2c(c3ccc4c(c3n2-c2cccc(-n3c5ccccc5c5ccc6ccn(-c7ccccc7)c6c53)c2)N(c2ccccc2)CC4)CC1. The van der Waals surface area contributed by atoms with E-state index in [1.807, 2.05) is 0 Å². The molecule has 238 valence electrons. The van der Waals surface area contributed by atoms with Crippen LogP contribution in [0.4, 0.5) is 11.4 Å². The monoisotopic (exact) mass is 642 g/mol. The van der Waals surface area contributed by atoms with Crippen molar-refractivity contribution in [2.24, 2.45) is 0 Å². The molecule has 0 atom stereocenters. The Morgan fingerprint density at radius 3 is 2.10 bits per heavy atom. The second-order valence-electron chi connectivity index (χ2n) is 13.6. The van der Waals surface area contributed by atoms with E-state index < -0.39 is 0 Å². The molecule has 0 fully saturated rings. The maximum Gasteiger partial charge on any atom is 0.0788 e. The first-order valence-corrected chi connectivity index (χ1v) is 17.7. The van der Waals surface area contributed by atoms with Gasteiger partial charge in [0.25, 0.3) is 0 Å². The van der Waals surface area contributed by atoms with Gasteiger partial charge in [-0.3, -0.25) is 0 Å². The number of aryl methyl sites for hydroxylation is 1. The fraction of sp³-hybridized carbons (Fsp3) is 0.0870. The van der Waals surface area contributed by atoms with E-state index in [2.05, 4.69) is 176 Å². The van der Waals surface area contributed by atoms with Crippen molar-refractivity contribution in [1.29, 1.82) is 0 Å². The van der Waals surface area contributed by atoms with E-state index in [0.717, 1.165) is 37.2 Å². The smallest absolute Gasteiger partial charge is 0.0788 e. The van der Waals surface area contributed by atoms with Crippen molar-refractivity contribution in [3.63, 3.8) is 0 Å². The Kier molecular flexibility index (Phi) is 5.88. The summed E-state index contributed by atoms with van der Waals surface area (Å²) in [6.45, 7) is 0.989. The van der Waals surface area contributed by atoms with Gasteiger partial charge in [0.15, 0.2) is 0 Å². The molecule has 0 N–H and O–H groups in total. The summed E-state index contributed by atoms with van der Waals surface area (Å²) in [5, 5.41) is 5.13. The lowest BCUT2D eigenvalue weighted by Crippen LogP contribution is -2.14. The van der Waals surface area contributed by atoms with Crippen molar-refractivity contribution < 1.29 is 0 Å². The molecule has 50 heavy (non-hydrogen) atoms. The van der Waals surface area contributed by atoms with Crippen LogP contribution in [0.3, 0.4) is 0 Å². The van der Waals surface area contributed by atoms with Gasteiger partial charge < -0.3 is 18.6 Å². The van der Waals surface area contributed by atoms with Crippen LogP contribution >= 0.6 is 0 Å². The van der Waals surface area contributed by atoms with Gasteiger partial charge in [-0.1, -0.05) is 91.0 Å². The minimum absolute atomic E-state index is 0.989. The Labute approximate surface area is 290 Å². The summed E-state index contributed by atoms with van der Waals surface area (Å²) >= 11 is 0. The summed E-state index contributed by atoms with van der Waals surface area (Å²) in [4.78, 5) is 2.54. The first-order chi connectivity index (χ1) is 24.8. The fourth-order valence-electron chi connectivity index (χ4n) is 8.84. The molecule has 0 saturated heterocycles. The lowest BCUT2D eigenvalue weighted by atomic mass is 9.99. The third-order valence-electron chi connectivity index (χ3n) is 11.0. The predicted molar refractivity (Wildman–Crippen MR) is 209 cm³/mol. The number of allylic oxidation sites excluding steroid dienone is 1. The van der Waals surface area contributed by atoms with Crippen molar-refractivity contribution in [3.8, 4) is 17.1 Å². The number of hydrogen-bond donors (Lipinski definition) is 0. The summed E-state index contributed by atoms with van der Waals surface area (Å²) in [6.07, 6.45) is 10.1. The lowest BCUT2D eigenvalue weighted by Gasteiger charge is -2.22. The number of para-hydroxylation sites is 3. The summed E-state index contributed by atoms with van der Waals surface area (Å²) in [7, 11) is 0. The number of rotatable bonds is 4. The second-order valence-corrected chi connectivity index (χ2v) is 13.6. The first kappa shape index (κ1) is 27.7. The van der Waals surface area contributed by atoms with Gasteiger partial charge >= 0.3 is 0 Å². The van der Waals surface area contributed by atoms with Crippen molar-refractivity contribution in [2.75, 3.05) is 11.4 Å². The van der Waals surface area contributed by atoms with E-state index in [-0.39, 0.29) is 0 Å². The number of anilines is 2. The molecule has 0 saturated carbocycles. The lowest BCUT2D eigenvalue weighted by molar-refractivity contribution is 0.964. The van der Waals surface area contributed by atoms with Crippen LogP contribution < -0.4 is 4.90 Å². The molecule has 0 radical (unpaired) electrons. The second kappa shape index (κ2) is 10.6. The van der Waals surface area contributed by atoms with Gasteiger partial charge in [0.1, 0.15) is 0 Å². The number of hydrogen-bond acceptors (Lipinski definition) is 1. The topological polar surface area (TPSA) is 18.0 Å². The highest BCUT2D eigenvalue weighted by molar-refractivity contribution is 6.18. The quantitative estimate of drug-likeness (QED) is 0.187. The highest BCUT2D eigenvalue weighted by atomic mass is 15.2. The third-order valence-corrected chi connectivity index (χ3v) is 11.0. The van der Waals surface area contributed by atoms with Gasteiger partial charge in [-0.15, -0.1) is 0 Å². The molecule has 0 spiro atoms. The molecule has 9 aromatic rings. The third kappa shape index (κ3) is 3.87. The molecule has 0 bridgehead atoms. The Bertz CT molecular complexity index is 2810. The maximum absolute atomic E-state index is 2.56. The molecule has 1 aliphatic carbocycles. The minimum Gasteiger partial charge on any atom is -0.339 e. The molecule has 4 heterocycles. The molecule has 11 rings (SSSR count). The highest BCUT2D eigenvalue weighted by Crippen LogP contribution is 2.46. The summed E-state index contributed by atoms with van der Waals surface area (Å²) < 4.78 is 7.39. The van der Waals surface area contributed by atoms with E-state index in [1.165, 1.54) is 77.5 Å². The number of benzene rings is 6. The molecule has 6 aromatic carbocycles. The van der Waals surface area contributed by atoms with E-state index in [1.54, 1.807) is 0 Å². The van der Waals surface area contributed by atoms with Gasteiger partial charge in [-0.25, -0.2) is 0 Å². The van der Waals surface area contributed by atoms with Crippen molar-refractivity contribution in [2.45, 2.75) is 19.3 Å². The van der Waals surface area contributed by atoms with Crippen molar-refractivity contribution in [3.05, 3.63) is 169 Å². The molecule has 4 nitrogen and oxygen atoms in total. The highest BCUT2D eigenvalue weighted by Gasteiger charge is 2.29. The normalized spacial score (nSPS) is 14.0. The molecule has 2 aliphatic rings. The van der Waals surface area contributed by atoms with Gasteiger partial charge in [-0.2, -0.15) is 0 Å². The molecule has 3 aromatic heterocycles. The Balaban J connectivity index is 1.21. The van der Waals surface area contributed by atoms with Gasteiger partial charge in [0.2, 0.25) is 0 Å². The average Bonchev–Trinajstić information content (AvgIpc) is 3.96. The average molecular weight is 643 g/mol. The van der Waals surface area contributed by atoms with E-state index >= 15 is 0 Å². The Morgan fingerprint density at radius 1 is 0.500 bits per heavy atom. The van der Waals surface area contributed by atoms with E-state index in [0.29, 0.717) is 0 Å². The number of nitrogens with zero attached hydrogens (tertiary/aromatic N) is 4. The Hall–Kier alpha value is -6.26. The van der Waals surface area contributed by atoms with Crippen LogP contribution in [0.5, 0.6) is 0 Å². The van der Waals surface area contributed by atoms with Crippen LogP contribution in [0, 0.1) is 0 Å². The predicted octanol–water partition coefficient (Wildman–Crippen LogP) is 11.3. The van der Waals surface area contributed by atoms with Crippen LogP contribution in [0.2, 0.25) is 0 Å². The van der Waals surface area contributed by atoms with E-state index in [9.17, 15) is 0 Å². The zero-order valence-corrected chi connectivity index (χ0v) is 27.6. The zero-order valence-electron chi connectivity index (χ0n) is 27.6. The maximum atomic E-state index is 2.56. The fourth-order valence-corrected chi connectivity index (χ4v) is 8.84. The van der Waals surface area contributed by atoms with Gasteiger partial charge in [0, 0.05) is 62.7 Å². The van der Waals surface area contributed by atoms with Gasteiger partial charge in [0.05, 0.1) is 27.8 Å². The summed E-state index contributed by atoms with van der Waals surface area (Å²) in [5.41, 5.74) is 15.3. The largest absolute Gasteiger partial charge is 0.339 e. The van der Waals surface area contributed by atoms with Gasteiger partial charge in [-0.05, 0) is 91.1 Å². The van der Waals surface area contributed by atoms with Crippen LogP contribution in [0.25, 0.3) is 66.7 Å². The number of fused-ring (bicyclic) bond motifs is 10.